The largest absolute Gasteiger partial charge is 0.507 e. The quantitative estimate of drug-likeness (QED) is 0.308. The standard InChI is InChI=1S/C27H25NO7/c1-32-19-10-5-16(6-11-19)25(29)23-24(17-7-14-21(34-3)22(15-17)35-4)28(27(31)26(23)30)18-8-12-20(33-2)13-9-18/h5-15,24,29H,1-4H3/t24-/m1/s1. The Hall–Kier alpha value is -4.46. The van der Waals surface area contributed by atoms with E-state index in [2.05, 4.69) is 0 Å². The topological polar surface area (TPSA) is 94.5 Å². The SMILES string of the molecule is COc1ccc(C(O)=C2C(=O)C(=O)N(c3ccc(OC)cc3)[C@@H]2c2ccc(OC)c(OC)c2)cc1. The van der Waals surface area contributed by atoms with Crippen LogP contribution in [0.1, 0.15) is 17.2 Å². The smallest absolute Gasteiger partial charge is 0.300 e. The first-order chi connectivity index (χ1) is 16.9. The predicted octanol–water partition coefficient (Wildman–Crippen LogP) is 4.35. The average Bonchev–Trinajstić information content (AvgIpc) is 3.17. The molecular weight excluding hydrogens is 450 g/mol. The minimum atomic E-state index is -0.912. The third-order valence-corrected chi connectivity index (χ3v) is 5.88. The number of methoxy groups -OCH3 is 4. The van der Waals surface area contributed by atoms with Gasteiger partial charge in [-0.25, -0.2) is 0 Å². The second-order valence-corrected chi connectivity index (χ2v) is 7.71. The maximum Gasteiger partial charge on any atom is 0.300 e. The summed E-state index contributed by atoms with van der Waals surface area (Å²) in [5.74, 6) is 0.270. The number of hydrogen-bond acceptors (Lipinski definition) is 7. The highest BCUT2D eigenvalue weighted by Crippen LogP contribution is 2.44. The van der Waals surface area contributed by atoms with Gasteiger partial charge in [-0.05, 0) is 66.2 Å². The molecule has 3 aromatic carbocycles. The second-order valence-electron chi connectivity index (χ2n) is 7.71. The Morgan fingerprint density at radius 1 is 0.743 bits per heavy atom. The van der Waals surface area contributed by atoms with E-state index in [4.69, 9.17) is 18.9 Å². The van der Waals surface area contributed by atoms with Gasteiger partial charge < -0.3 is 24.1 Å². The molecule has 8 heteroatoms. The zero-order valence-corrected chi connectivity index (χ0v) is 19.8. The molecule has 1 aliphatic heterocycles. The molecule has 0 spiro atoms. The number of amides is 1. The van der Waals surface area contributed by atoms with Crippen molar-refractivity contribution in [2.24, 2.45) is 0 Å². The van der Waals surface area contributed by atoms with E-state index in [1.807, 2.05) is 0 Å². The summed E-state index contributed by atoms with van der Waals surface area (Å²) < 4.78 is 21.2. The number of hydrogen-bond donors (Lipinski definition) is 1. The fraction of sp³-hybridized carbons (Fsp3) is 0.185. The molecule has 0 unspecified atom stereocenters. The van der Waals surface area contributed by atoms with E-state index in [-0.39, 0.29) is 11.3 Å². The van der Waals surface area contributed by atoms with E-state index in [9.17, 15) is 14.7 Å². The van der Waals surface area contributed by atoms with E-state index < -0.39 is 17.7 Å². The zero-order valence-electron chi connectivity index (χ0n) is 19.8. The van der Waals surface area contributed by atoms with Crippen molar-refractivity contribution in [3.8, 4) is 23.0 Å². The van der Waals surface area contributed by atoms with Gasteiger partial charge in [0.2, 0.25) is 0 Å². The van der Waals surface area contributed by atoms with Gasteiger partial charge in [0.1, 0.15) is 17.3 Å². The van der Waals surface area contributed by atoms with Crippen LogP contribution in [-0.4, -0.2) is 45.2 Å². The van der Waals surface area contributed by atoms with Crippen molar-refractivity contribution < 1.29 is 33.6 Å². The summed E-state index contributed by atoms with van der Waals surface area (Å²) in [7, 11) is 6.09. The van der Waals surface area contributed by atoms with E-state index in [1.54, 1.807) is 73.8 Å². The highest BCUT2D eigenvalue weighted by molar-refractivity contribution is 6.51. The number of Topliss-reactive ketones (excluding diaryl/α,β-unsaturated/α-hetero) is 1. The first-order valence-electron chi connectivity index (χ1n) is 10.7. The lowest BCUT2D eigenvalue weighted by Crippen LogP contribution is -2.29. The summed E-state index contributed by atoms with van der Waals surface area (Å²) in [6.07, 6.45) is 0. The van der Waals surface area contributed by atoms with E-state index in [0.717, 1.165) is 0 Å². The molecule has 1 fully saturated rings. The van der Waals surface area contributed by atoms with Gasteiger partial charge in [0.15, 0.2) is 11.5 Å². The molecule has 1 atom stereocenters. The Balaban J connectivity index is 1.93. The van der Waals surface area contributed by atoms with Crippen LogP contribution in [0.2, 0.25) is 0 Å². The molecule has 0 aromatic heterocycles. The Morgan fingerprint density at radius 3 is 1.86 bits per heavy atom. The van der Waals surface area contributed by atoms with Crippen LogP contribution in [0.25, 0.3) is 5.76 Å². The predicted molar refractivity (Wildman–Crippen MR) is 130 cm³/mol. The molecule has 180 valence electrons. The third-order valence-electron chi connectivity index (χ3n) is 5.88. The summed E-state index contributed by atoms with van der Waals surface area (Å²) in [5, 5.41) is 11.2. The maximum absolute atomic E-state index is 13.3. The van der Waals surface area contributed by atoms with Gasteiger partial charge in [0.05, 0.1) is 40.1 Å². The lowest BCUT2D eigenvalue weighted by atomic mass is 9.94. The number of anilines is 1. The Kier molecular flexibility index (Phi) is 6.64. The molecule has 1 N–H and O–H groups in total. The number of benzene rings is 3. The number of aliphatic hydroxyl groups is 1. The fourth-order valence-corrected chi connectivity index (χ4v) is 4.08. The summed E-state index contributed by atoms with van der Waals surface area (Å²) in [5.41, 5.74) is 1.38. The number of aliphatic hydroxyl groups excluding tert-OH is 1. The van der Waals surface area contributed by atoms with E-state index in [0.29, 0.717) is 39.8 Å². The molecule has 0 saturated carbocycles. The van der Waals surface area contributed by atoms with Crippen LogP contribution in [0.4, 0.5) is 5.69 Å². The molecule has 3 aromatic rings. The number of rotatable bonds is 7. The van der Waals surface area contributed by atoms with Crippen LogP contribution in [-0.2, 0) is 9.59 Å². The molecule has 4 rings (SSSR count). The number of carbonyl (C=O) groups is 2. The minimum Gasteiger partial charge on any atom is -0.507 e. The van der Waals surface area contributed by atoms with Crippen LogP contribution in [0.5, 0.6) is 23.0 Å². The highest BCUT2D eigenvalue weighted by atomic mass is 16.5. The van der Waals surface area contributed by atoms with Crippen LogP contribution < -0.4 is 23.8 Å². The molecule has 0 radical (unpaired) electrons. The molecule has 0 aliphatic carbocycles. The molecule has 1 amide bonds. The Labute approximate surface area is 202 Å². The van der Waals surface area contributed by atoms with Crippen LogP contribution in [0, 0.1) is 0 Å². The summed E-state index contributed by atoms with van der Waals surface area (Å²) >= 11 is 0. The summed E-state index contributed by atoms with van der Waals surface area (Å²) in [6.45, 7) is 0. The minimum absolute atomic E-state index is 0.0387. The molecule has 1 heterocycles. The molecule has 0 bridgehead atoms. The molecule has 35 heavy (non-hydrogen) atoms. The first-order valence-corrected chi connectivity index (χ1v) is 10.7. The Bertz CT molecular complexity index is 1280. The second kappa shape index (κ2) is 9.80. The van der Waals surface area contributed by atoms with Gasteiger partial charge in [0.25, 0.3) is 11.7 Å². The van der Waals surface area contributed by atoms with Crippen molar-refractivity contribution in [1.29, 1.82) is 0 Å². The number of ketones is 1. The molecular formula is C27H25NO7. The van der Waals surface area contributed by atoms with Crippen LogP contribution >= 0.6 is 0 Å². The average molecular weight is 475 g/mol. The van der Waals surface area contributed by atoms with Crippen molar-refractivity contribution in [1.82, 2.24) is 0 Å². The fourth-order valence-electron chi connectivity index (χ4n) is 4.08. The van der Waals surface area contributed by atoms with Gasteiger partial charge in [-0.2, -0.15) is 0 Å². The van der Waals surface area contributed by atoms with Crippen molar-refractivity contribution in [2.75, 3.05) is 33.3 Å². The summed E-state index contributed by atoms with van der Waals surface area (Å²) in [4.78, 5) is 27.9. The molecule has 8 nitrogen and oxygen atoms in total. The van der Waals surface area contributed by atoms with Crippen molar-refractivity contribution in [3.05, 3.63) is 83.4 Å². The van der Waals surface area contributed by atoms with Crippen molar-refractivity contribution in [2.45, 2.75) is 6.04 Å². The van der Waals surface area contributed by atoms with Crippen molar-refractivity contribution in [3.63, 3.8) is 0 Å². The van der Waals surface area contributed by atoms with E-state index in [1.165, 1.54) is 26.2 Å². The van der Waals surface area contributed by atoms with Gasteiger partial charge in [-0.3, -0.25) is 14.5 Å². The van der Waals surface area contributed by atoms with Gasteiger partial charge in [-0.1, -0.05) is 6.07 Å². The number of carbonyl (C=O) groups excluding carboxylic acids is 2. The lowest BCUT2D eigenvalue weighted by Gasteiger charge is -2.26. The van der Waals surface area contributed by atoms with Gasteiger partial charge >= 0.3 is 0 Å². The van der Waals surface area contributed by atoms with Gasteiger partial charge in [-0.15, -0.1) is 0 Å². The zero-order chi connectivity index (χ0) is 25.1. The summed E-state index contributed by atoms with van der Waals surface area (Å²) in [6, 6.07) is 17.6. The maximum atomic E-state index is 13.3. The monoisotopic (exact) mass is 475 g/mol. The molecule has 1 saturated heterocycles. The van der Waals surface area contributed by atoms with Crippen LogP contribution in [0.15, 0.2) is 72.3 Å². The first kappa shape index (κ1) is 23.7. The third kappa shape index (κ3) is 4.26. The molecule has 1 aliphatic rings. The van der Waals surface area contributed by atoms with Crippen LogP contribution in [0.3, 0.4) is 0 Å². The Morgan fingerprint density at radius 2 is 1.31 bits per heavy atom. The van der Waals surface area contributed by atoms with Crippen molar-refractivity contribution >= 4 is 23.1 Å². The number of nitrogens with zero attached hydrogens (tertiary/aromatic N) is 1. The lowest BCUT2D eigenvalue weighted by molar-refractivity contribution is -0.132. The van der Waals surface area contributed by atoms with Gasteiger partial charge in [0, 0.05) is 11.3 Å². The van der Waals surface area contributed by atoms with E-state index >= 15 is 0 Å². The number of ether oxygens (including phenoxy) is 4. The highest BCUT2D eigenvalue weighted by Gasteiger charge is 2.47. The normalized spacial score (nSPS) is 16.8.